The Morgan fingerprint density at radius 3 is 2.79 bits per heavy atom. The first-order valence-corrected chi connectivity index (χ1v) is 6.68. The summed E-state index contributed by atoms with van der Waals surface area (Å²) < 4.78 is 0. The van der Waals surface area contributed by atoms with Crippen LogP contribution in [0.3, 0.4) is 0 Å². The molecule has 3 nitrogen and oxygen atoms in total. The monoisotopic (exact) mass is 254 g/mol. The molecular formula is C16H18N2O. The molecule has 1 aromatic rings. The van der Waals surface area contributed by atoms with Crippen molar-refractivity contribution in [3.8, 4) is 6.07 Å². The fourth-order valence-corrected chi connectivity index (χ4v) is 2.41. The summed E-state index contributed by atoms with van der Waals surface area (Å²) in [5.74, 6) is -0.254. The van der Waals surface area contributed by atoms with Gasteiger partial charge >= 0.3 is 0 Å². The first-order chi connectivity index (χ1) is 9.19. The van der Waals surface area contributed by atoms with Gasteiger partial charge in [-0.2, -0.15) is 5.26 Å². The second-order valence-corrected chi connectivity index (χ2v) is 5.04. The largest absolute Gasteiger partial charge is 0.349 e. The minimum absolute atomic E-state index is 0.178. The number of carbonyl (C=O) groups is 1. The number of benzene rings is 1. The first kappa shape index (κ1) is 13.4. The summed E-state index contributed by atoms with van der Waals surface area (Å²) in [7, 11) is 0. The fourth-order valence-electron chi connectivity index (χ4n) is 2.41. The van der Waals surface area contributed by atoms with Crippen molar-refractivity contribution in [1.82, 2.24) is 5.32 Å². The van der Waals surface area contributed by atoms with Gasteiger partial charge in [0.2, 0.25) is 0 Å². The molecule has 0 aliphatic heterocycles. The predicted octanol–water partition coefficient (Wildman–Crippen LogP) is 2.96. The lowest BCUT2D eigenvalue weighted by Gasteiger charge is -2.10. The topological polar surface area (TPSA) is 52.9 Å². The Morgan fingerprint density at radius 2 is 2.16 bits per heavy atom. The van der Waals surface area contributed by atoms with E-state index in [2.05, 4.69) is 5.32 Å². The van der Waals surface area contributed by atoms with Crippen LogP contribution in [0, 0.1) is 18.3 Å². The molecule has 0 saturated heterocycles. The van der Waals surface area contributed by atoms with E-state index in [1.165, 1.54) is 0 Å². The van der Waals surface area contributed by atoms with E-state index in [-0.39, 0.29) is 17.5 Å². The number of rotatable bonds is 3. The lowest BCUT2D eigenvalue weighted by molar-refractivity contribution is -0.117. The number of nitriles is 1. The lowest BCUT2D eigenvalue weighted by atomic mass is 10.1. The Labute approximate surface area is 113 Å². The normalized spacial score (nSPS) is 16.1. The maximum atomic E-state index is 12.0. The Kier molecular flexibility index (Phi) is 4.35. The summed E-state index contributed by atoms with van der Waals surface area (Å²) in [5, 5.41) is 12.1. The minimum atomic E-state index is -0.254. The highest BCUT2D eigenvalue weighted by Crippen LogP contribution is 2.18. The molecule has 0 aromatic heterocycles. The van der Waals surface area contributed by atoms with Crippen molar-refractivity contribution in [3.63, 3.8) is 0 Å². The molecule has 1 aliphatic carbocycles. The molecule has 1 N–H and O–H groups in total. The van der Waals surface area contributed by atoms with E-state index in [9.17, 15) is 4.79 Å². The van der Waals surface area contributed by atoms with Crippen molar-refractivity contribution >= 4 is 12.0 Å². The van der Waals surface area contributed by atoms with Gasteiger partial charge in [0.05, 0.1) is 0 Å². The van der Waals surface area contributed by atoms with Gasteiger partial charge in [0.25, 0.3) is 5.91 Å². The summed E-state index contributed by atoms with van der Waals surface area (Å²) in [6.45, 7) is 1.99. The molecule has 19 heavy (non-hydrogen) atoms. The summed E-state index contributed by atoms with van der Waals surface area (Å²) in [6, 6.07) is 9.99. The van der Waals surface area contributed by atoms with Crippen LogP contribution in [0.15, 0.2) is 29.8 Å². The third kappa shape index (κ3) is 3.69. The molecule has 1 aliphatic rings. The molecule has 0 unspecified atom stereocenters. The van der Waals surface area contributed by atoms with Crippen LogP contribution in [0.4, 0.5) is 0 Å². The van der Waals surface area contributed by atoms with E-state index in [0.29, 0.717) is 0 Å². The molecule has 0 bridgehead atoms. The summed E-state index contributed by atoms with van der Waals surface area (Å²) in [6.07, 6.45) is 6.02. The van der Waals surface area contributed by atoms with Crippen LogP contribution in [0.25, 0.3) is 6.08 Å². The highest BCUT2D eigenvalue weighted by atomic mass is 16.1. The Bertz CT molecular complexity index is 534. The second kappa shape index (κ2) is 6.19. The number of nitrogens with one attached hydrogen (secondary N) is 1. The fraction of sp³-hybridized carbons (Fsp3) is 0.375. The van der Waals surface area contributed by atoms with Crippen molar-refractivity contribution < 1.29 is 4.79 Å². The number of aryl methyl sites for hydroxylation is 1. The van der Waals surface area contributed by atoms with Gasteiger partial charge < -0.3 is 5.32 Å². The van der Waals surface area contributed by atoms with Gasteiger partial charge in [-0.1, -0.05) is 42.7 Å². The van der Waals surface area contributed by atoms with Crippen LogP contribution >= 0.6 is 0 Å². The first-order valence-electron chi connectivity index (χ1n) is 6.68. The molecule has 1 amide bonds. The van der Waals surface area contributed by atoms with Crippen LogP contribution in [0.5, 0.6) is 0 Å². The van der Waals surface area contributed by atoms with Crippen molar-refractivity contribution in [2.75, 3.05) is 0 Å². The summed E-state index contributed by atoms with van der Waals surface area (Å²) in [4.78, 5) is 12.0. The van der Waals surface area contributed by atoms with Crippen molar-refractivity contribution in [2.24, 2.45) is 0 Å². The molecule has 3 heteroatoms. The molecule has 1 aromatic carbocycles. The Hall–Kier alpha value is -2.08. The zero-order valence-electron chi connectivity index (χ0n) is 11.1. The number of hydrogen-bond acceptors (Lipinski definition) is 2. The maximum Gasteiger partial charge on any atom is 0.262 e. The number of amides is 1. The lowest BCUT2D eigenvalue weighted by Crippen LogP contribution is -2.33. The smallest absolute Gasteiger partial charge is 0.262 e. The Balaban J connectivity index is 2.10. The molecule has 0 spiro atoms. The van der Waals surface area contributed by atoms with E-state index in [0.717, 1.165) is 36.8 Å². The highest BCUT2D eigenvalue weighted by molar-refractivity contribution is 6.01. The second-order valence-electron chi connectivity index (χ2n) is 5.04. The molecule has 0 atom stereocenters. The van der Waals surface area contributed by atoms with Gasteiger partial charge in [-0.05, 0) is 31.4 Å². The van der Waals surface area contributed by atoms with E-state index >= 15 is 0 Å². The number of nitrogens with zero attached hydrogens (tertiary/aromatic N) is 1. The molecule has 1 saturated carbocycles. The molecular weight excluding hydrogens is 236 g/mol. The zero-order chi connectivity index (χ0) is 13.7. The van der Waals surface area contributed by atoms with Crippen LogP contribution in [0.2, 0.25) is 0 Å². The predicted molar refractivity (Wildman–Crippen MR) is 75.2 cm³/mol. The van der Waals surface area contributed by atoms with E-state index < -0.39 is 0 Å². The summed E-state index contributed by atoms with van der Waals surface area (Å²) >= 11 is 0. The quantitative estimate of drug-likeness (QED) is 0.666. The van der Waals surface area contributed by atoms with Crippen molar-refractivity contribution in [2.45, 2.75) is 38.6 Å². The van der Waals surface area contributed by atoms with Crippen molar-refractivity contribution in [1.29, 1.82) is 5.26 Å². The van der Waals surface area contributed by atoms with E-state index in [1.54, 1.807) is 6.08 Å². The van der Waals surface area contributed by atoms with Gasteiger partial charge in [-0.25, -0.2) is 0 Å². The number of carbonyl (C=O) groups excluding carboxylic acids is 1. The third-order valence-corrected chi connectivity index (χ3v) is 3.41. The van der Waals surface area contributed by atoms with E-state index in [1.807, 2.05) is 37.3 Å². The maximum absolute atomic E-state index is 12.0. The zero-order valence-corrected chi connectivity index (χ0v) is 11.1. The van der Waals surface area contributed by atoms with E-state index in [4.69, 9.17) is 5.26 Å². The standard InChI is InChI=1S/C16H18N2O/c1-12-5-4-6-13(9-12)10-14(11-17)16(19)18-15-7-2-3-8-15/h4-6,9-10,15H,2-3,7-8H2,1H3,(H,18,19)/b14-10-. The van der Waals surface area contributed by atoms with Gasteiger partial charge in [-0.3, -0.25) is 4.79 Å². The molecule has 1 fully saturated rings. The number of hydrogen-bond donors (Lipinski definition) is 1. The SMILES string of the molecule is Cc1cccc(/C=C(/C#N)C(=O)NC2CCCC2)c1. The average Bonchev–Trinajstić information content (AvgIpc) is 2.88. The molecule has 0 heterocycles. The average molecular weight is 254 g/mol. The Morgan fingerprint density at radius 1 is 1.42 bits per heavy atom. The van der Waals surface area contributed by atoms with Crippen molar-refractivity contribution in [3.05, 3.63) is 41.0 Å². The third-order valence-electron chi connectivity index (χ3n) is 3.41. The van der Waals surface area contributed by atoms with Crippen LogP contribution in [-0.4, -0.2) is 11.9 Å². The van der Waals surface area contributed by atoms with Gasteiger partial charge in [-0.15, -0.1) is 0 Å². The van der Waals surface area contributed by atoms with Crippen LogP contribution in [0.1, 0.15) is 36.8 Å². The molecule has 2 rings (SSSR count). The molecule has 0 radical (unpaired) electrons. The highest BCUT2D eigenvalue weighted by Gasteiger charge is 2.19. The van der Waals surface area contributed by atoms with Gasteiger partial charge in [0.15, 0.2) is 0 Å². The summed E-state index contributed by atoms with van der Waals surface area (Å²) in [5.41, 5.74) is 2.18. The van der Waals surface area contributed by atoms with Gasteiger partial charge in [0.1, 0.15) is 11.6 Å². The van der Waals surface area contributed by atoms with Crippen LogP contribution in [-0.2, 0) is 4.79 Å². The minimum Gasteiger partial charge on any atom is -0.349 e. The van der Waals surface area contributed by atoms with Gasteiger partial charge in [0, 0.05) is 6.04 Å². The molecule has 98 valence electrons. The van der Waals surface area contributed by atoms with Crippen LogP contribution < -0.4 is 5.32 Å².